The van der Waals surface area contributed by atoms with E-state index in [-0.39, 0.29) is 6.29 Å². The van der Waals surface area contributed by atoms with E-state index in [2.05, 4.69) is 92.9 Å². The highest BCUT2D eigenvalue weighted by Gasteiger charge is 2.20. The first-order chi connectivity index (χ1) is 21.2. The van der Waals surface area contributed by atoms with Crippen LogP contribution in [-0.4, -0.2) is 19.5 Å². The molecule has 5 rings (SSSR count). The highest BCUT2D eigenvalue weighted by molar-refractivity contribution is 5.82. The van der Waals surface area contributed by atoms with E-state index in [0.29, 0.717) is 6.61 Å². The van der Waals surface area contributed by atoms with Crippen molar-refractivity contribution in [3.63, 3.8) is 0 Å². The Morgan fingerprint density at radius 2 is 1.23 bits per heavy atom. The van der Waals surface area contributed by atoms with Gasteiger partial charge in [0.05, 0.1) is 25.7 Å². The number of hydrogen-bond donors (Lipinski definition) is 0. The number of benzene rings is 4. The molecular weight excluding hydrogens is 532 g/mol. The Kier molecular flexibility index (Phi) is 10.6. The van der Waals surface area contributed by atoms with Crippen molar-refractivity contribution in [2.24, 2.45) is 0 Å². The molecule has 0 amide bonds. The van der Waals surface area contributed by atoms with E-state index in [9.17, 15) is 0 Å². The minimum Gasteiger partial charge on any atom is -0.502 e. The van der Waals surface area contributed by atoms with E-state index < -0.39 is 0 Å². The third-order valence-electron chi connectivity index (χ3n) is 7.86. The van der Waals surface area contributed by atoms with Gasteiger partial charge in [0, 0.05) is 6.42 Å². The molecule has 0 saturated carbocycles. The fourth-order valence-corrected chi connectivity index (χ4v) is 5.56. The lowest BCUT2D eigenvalue weighted by molar-refractivity contribution is -0.0357. The van der Waals surface area contributed by atoms with Crippen molar-refractivity contribution in [1.82, 2.24) is 0 Å². The predicted octanol–water partition coefficient (Wildman–Crippen LogP) is 10.4. The van der Waals surface area contributed by atoms with Crippen molar-refractivity contribution in [3.8, 4) is 44.9 Å². The maximum Gasteiger partial charge on any atom is 0.240 e. The Morgan fingerprint density at radius 3 is 1.81 bits per heavy atom. The van der Waals surface area contributed by atoms with Crippen LogP contribution in [0, 0.1) is 0 Å². The van der Waals surface area contributed by atoms with Gasteiger partial charge in [-0.2, -0.15) is 0 Å². The molecule has 4 aromatic carbocycles. The second kappa shape index (κ2) is 15.2. The number of hydrogen-bond acceptors (Lipinski definition) is 4. The van der Waals surface area contributed by atoms with Gasteiger partial charge in [0.2, 0.25) is 6.29 Å². The first-order valence-electron chi connectivity index (χ1n) is 15.4. The third-order valence-corrected chi connectivity index (χ3v) is 7.86. The zero-order valence-electron chi connectivity index (χ0n) is 25.2. The van der Waals surface area contributed by atoms with Crippen LogP contribution in [0.4, 0.5) is 0 Å². The minimum absolute atomic E-state index is 0.304. The molecule has 0 radical (unpaired) electrons. The van der Waals surface area contributed by atoms with Crippen LogP contribution in [0.2, 0.25) is 0 Å². The number of fused-ring (bicyclic) bond motifs is 3. The quantitative estimate of drug-likeness (QED) is 0.0629. The average Bonchev–Trinajstić information content (AvgIpc) is 3.41. The molecule has 1 unspecified atom stereocenters. The van der Waals surface area contributed by atoms with Gasteiger partial charge in [0.25, 0.3) is 0 Å². The van der Waals surface area contributed by atoms with Crippen molar-refractivity contribution < 1.29 is 18.9 Å². The summed E-state index contributed by atoms with van der Waals surface area (Å²) in [6.45, 7) is 10.8. The number of unbranched alkanes of at least 4 members (excludes halogenated alkanes) is 3. The Hall–Kier alpha value is -4.44. The molecule has 0 spiro atoms. The fourth-order valence-electron chi connectivity index (χ4n) is 5.56. The van der Waals surface area contributed by atoms with Crippen LogP contribution in [0.3, 0.4) is 0 Å². The lowest BCUT2D eigenvalue weighted by atomic mass is 9.98. The molecule has 0 fully saturated rings. The molecular formula is C39H42O4. The first-order valence-corrected chi connectivity index (χ1v) is 15.4. The largest absolute Gasteiger partial charge is 0.502 e. The second-order valence-electron chi connectivity index (χ2n) is 10.9. The molecule has 4 heteroatoms. The smallest absolute Gasteiger partial charge is 0.240 e. The molecule has 0 N–H and O–H groups in total. The Bertz CT molecular complexity index is 1490. The lowest BCUT2D eigenvalue weighted by Gasteiger charge is -2.18. The van der Waals surface area contributed by atoms with E-state index in [1.54, 1.807) is 0 Å². The molecule has 1 aliphatic rings. The third kappa shape index (κ3) is 7.90. The van der Waals surface area contributed by atoms with Crippen molar-refractivity contribution >= 4 is 0 Å². The first kappa shape index (κ1) is 30.0. The summed E-state index contributed by atoms with van der Waals surface area (Å²) in [5.74, 6) is 1.71. The lowest BCUT2D eigenvalue weighted by Crippen LogP contribution is -2.17. The zero-order valence-corrected chi connectivity index (χ0v) is 25.2. The van der Waals surface area contributed by atoms with Gasteiger partial charge >= 0.3 is 0 Å². The van der Waals surface area contributed by atoms with Crippen LogP contribution in [0.5, 0.6) is 11.5 Å². The predicted molar refractivity (Wildman–Crippen MR) is 176 cm³/mol. The molecule has 222 valence electrons. The topological polar surface area (TPSA) is 36.9 Å². The van der Waals surface area contributed by atoms with Crippen molar-refractivity contribution in [2.45, 2.75) is 58.2 Å². The Balaban J connectivity index is 1.20. The average molecular weight is 575 g/mol. The van der Waals surface area contributed by atoms with E-state index in [1.807, 2.05) is 12.1 Å². The van der Waals surface area contributed by atoms with Crippen LogP contribution in [0.1, 0.15) is 56.6 Å². The number of rotatable bonds is 17. The van der Waals surface area contributed by atoms with Crippen LogP contribution < -0.4 is 9.47 Å². The van der Waals surface area contributed by atoms with Crippen molar-refractivity contribution in [3.05, 3.63) is 122 Å². The maximum absolute atomic E-state index is 6.05. The molecule has 0 heterocycles. The van der Waals surface area contributed by atoms with E-state index in [0.717, 1.165) is 63.1 Å². The summed E-state index contributed by atoms with van der Waals surface area (Å²) in [5.41, 5.74) is 10.2. The zero-order chi connectivity index (χ0) is 29.9. The standard InChI is InChI=1S/C39H42O4/c1-4-7-11-39(41-6-3)43-36-20-14-30(15-21-36)32-17-23-38-34(27-32)28-33-26-31(16-22-37(33)38)29-12-18-35(19-13-29)42-25-10-8-9-24-40-5-2/h5-6,12-23,26-27,39H,2-4,7-11,24-25,28H2,1H3. The van der Waals surface area contributed by atoms with Crippen LogP contribution in [0.15, 0.2) is 111 Å². The molecule has 4 nitrogen and oxygen atoms in total. The SMILES string of the molecule is C=COCCCCCOc1ccc(-c2ccc3c(c2)Cc2cc(-c4ccc(OC(CCCC)OC=C)cc4)ccc2-3)cc1. The summed E-state index contributed by atoms with van der Waals surface area (Å²) in [4.78, 5) is 0. The normalized spacial score (nSPS) is 12.1. The van der Waals surface area contributed by atoms with Gasteiger partial charge in [0.15, 0.2) is 0 Å². The molecule has 4 aromatic rings. The second-order valence-corrected chi connectivity index (χ2v) is 10.9. The summed E-state index contributed by atoms with van der Waals surface area (Å²) >= 11 is 0. The van der Waals surface area contributed by atoms with Gasteiger partial charge in [0.1, 0.15) is 11.5 Å². The molecule has 0 aromatic heterocycles. The van der Waals surface area contributed by atoms with Crippen LogP contribution in [-0.2, 0) is 15.9 Å². The highest BCUT2D eigenvalue weighted by Crippen LogP contribution is 2.40. The summed E-state index contributed by atoms with van der Waals surface area (Å²) in [5, 5.41) is 0. The van der Waals surface area contributed by atoms with Crippen LogP contribution >= 0.6 is 0 Å². The summed E-state index contributed by atoms with van der Waals surface area (Å²) in [6, 6.07) is 30.4. The minimum atomic E-state index is -0.304. The van der Waals surface area contributed by atoms with E-state index >= 15 is 0 Å². The molecule has 0 saturated heterocycles. The van der Waals surface area contributed by atoms with Gasteiger partial charge in [-0.15, -0.1) is 0 Å². The van der Waals surface area contributed by atoms with E-state index in [4.69, 9.17) is 18.9 Å². The van der Waals surface area contributed by atoms with Gasteiger partial charge in [-0.3, -0.25) is 0 Å². The van der Waals surface area contributed by atoms with Gasteiger partial charge in [-0.25, -0.2) is 0 Å². The van der Waals surface area contributed by atoms with Gasteiger partial charge in [-0.05, 0) is 101 Å². The maximum atomic E-state index is 6.05. The summed E-state index contributed by atoms with van der Waals surface area (Å²) < 4.78 is 22.7. The fraction of sp³-hybridized carbons (Fsp3) is 0.282. The number of ether oxygens (including phenoxy) is 4. The van der Waals surface area contributed by atoms with Crippen molar-refractivity contribution in [1.29, 1.82) is 0 Å². The van der Waals surface area contributed by atoms with Gasteiger partial charge in [-0.1, -0.05) is 87.2 Å². The van der Waals surface area contributed by atoms with Crippen LogP contribution in [0.25, 0.3) is 33.4 Å². The Morgan fingerprint density at radius 1 is 0.651 bits per heavy atom. The highest BCUT2D eigenvalue weighted by atomic mass is 16.7. The Labute approximate surface area is 256 Å². The summed E-state index contributed by atoms with van der Waals surface area (Å²) in [7, 11) is 0. The van der Waals surface area contributed by atoms with E-state index in [1.165, 1.54) is 57.0 Å². The molecule has 1 aliphatic carbocycles. The monoisotopic (exact) mass is 574 g/mol. The van der Waals surface area contributed by atoms with Crippen molar-refractivity contribution in [2.75, 3.05) is 13.2 Å². The molecule has 43 heavy (non-hydrogen) atoms. The molecule has 1 atom stereocenters. The van der Waals surface area contributed by atoms with Gasteiger partial charge < -0.3 is 18.9 Å². The summed E-state index contributed by atoms with van der Waals surface area (Å²) in [6.07, 6.45) is 9.68. The molecule has 0 bridgehead atoms. The molecule has 0 aliphatic heterocycles.